The van der Waals surface area contributed by atoms with Crippen molar-refractivity contribution in [2.24, 2.45) is 0 Å². The third-order valence-corrected chi connectivity index (χ3v) is 3.61. The first kappa shape index (κ1) is 15.6. The molecule has 0 aliphatic carbocycles. The molecule has 0 aliphatic rings. The van der Waals surface area contributed by atoms with E-state index in [9.17, 15) is 21.6 Å². The highest BCUT2D eigenvalue weighted by Gasteiger charge is 2.35. The molecule has 0 spiro atoms. The molecule has 102 valence electrons. The zero-order chi connectivity index (χ0) is 14.1. The molecule has 0 atom stereocenters. The van der Waals surface area contributed by atoms with Gasteiger partial charge in [-0.05, 0) is 33.6 Å². The van der Waals surface area contributed by atoms with E-state index in [2.05, 4.69) is 15.9 Å². The van der Waals surface area contributed by atoms with Gasteiger partial charge in [0.25, 0.3) is 0 Å². The highest BCUT2D eigenvalue weighted by molar-refractivity contribution is 9.10. The fourth-order valence-corrected chi connectivity index (χ4v) is 2.84. The summed E-state index contributed by atoms with van der Waals surface area (Å²) in [7, 11) is 2.09. The maximum Gasteiger partial charge on any atom is 0.416 e. The van der Waals surface area contributed by atoms with Crippen LogP contribution >= 0.6 is 26.6 Å². The zero-order valence-corrected chi connectivity index (χ0v) is 12.0. The maximum absolute atomic E-state index is 12.8. The van der Waals surface area contributed by atoms with Crippen molar-refractivity contribution < 1.29 is 26.3 Å². The van der Waals surface area contributed by atoms with Gasteiger partial charge in [-0.1, -0.05) is 0 Å². The second kappa shape index (κ2) is 5.26. The summed E-state index contributed by atoms with van der Waals surface area (Å²) in [6.07, 6.45) is -4.69. The number of methoxy groups -OCH3 is 1. The number of hydrogen-bond donors (Lipinski definition) is 0. The first-order valence-electron chi connectivity index (χ1n) is 4.40. The van der Waals surface area contributed by atoms with E-state index in [1.165, 1.54) is 7.11 Å². The van der Waals surface area contributed by atoms with Crippen LogP contribution < -0.4 is 4.74 Å². The van der Waals surface area contributed by atoms with Crippen LogP contribution in [-0.2, 0) is 21.0 Å². The molecule has 9 heteroatoms. The molecule has 3 nitrogen and oxygen atoms in total. The molecule has 0 aromatic heterocycles. The van der Waals surface area contributed by atoms with Crippen LogP contribution in [0, 0.1) is 0 Å². The molecule has 0 heterocycles. The Kier molecular flexibility index (Phi) is 4.56. The topological polar surface area (TPSA) is 43.4 Å². The molecule has 1 aromatic carbocycles. The van der Waals surface area contributed by atoms with Gasteiger partial charge in [-0.3, -0.25) is 0 Å². The highest BCUT2D eigenvalue weighted by atomic mass is 79.9. The van der Waals surface area contributed by atoms with E-state index in [1.54, 1.807) is 0 Å². The molecule has 0 fully saturated rings. The fourth-order valence-electron chi connectivity index (χ4n) is 1.32. The summed E-state index contributed by atoms with van der Waals surface area (Å²) in [4.78, 5) is 0. The van der Waals surface area contributed by atoms with Crippen LogP contribution in [0.5, 0.6) is 5.75 Å². The first-order valence-corrected chi connectivity index (χ1v) is 7.67. The lowest BCUT2D eigenvalue weighted by atomic mass is 10.1. The Hall–Kier alpha value is -0.470. The van der Waals surface area contributed by atoms with Crippen LogP contribution in [0.1, 0.15) is 11.1 Å². The Bertz CT molecular complexity index is 557. The molecule has 0 N–H and O–H groups in total. The summed E-state index contributed by atoms with van der Waals surface area (Å²) < 4.78 is 65.0. The monoisotopic (exact) mass is 366 g/mol. The molecule has 0 bridgehead atoms. The largest absolute Gasteiger partial charge is 0.496 e. The smallest absolute Gasteiger partial charge is 0.416 e. The van der Waals surface area contributed by atoms with Crippen molar-refractivity contribution in [1.82, 2.24) is 0 Å². The minimum absolute atomic E-state index is 0.0435. The van der Waals surface area contributed by atoms with Crippen LogP contribution in [-0.4, -0.2) is 15.5 Å². The predicted molar refractivity (Wildman–Crippen MR) is 64.2 cm³/mol. The molecule has 0 saturated heterocycles. The van der Waals surface area contributed by atoms with Gasteiger partial charge in [0.2, 0.25) is 9.05 Å². The lowest BCUT2D eigenvalue weighted by Gasteiger charge is -2.14. The van der Waals surface area contributed by atoms with Crippen molar-refractivity contribution in [1.29, 1.82) is 0 Å². The van der Waals surface area contributed by atoms with Crippen LogP contribution in [0.25, 0.3) is 0 Å². The van der Waals surface area contributed by atoms with Crippen LogP contribution in [0.3, 0.4) is 0 Å². The van der Waals surface area contributed by atoms with E-state index in [0.717, 1.165) is 12.1 Å². The molecule has 0 saturated carbocycles. The molecule has 1 rings (SSSR count). The molecule has 0 radical (unpaired) electrons. The summed E-state index contributed by atoms with van der Waals surface area (Å²) in [5, 5.41) is 0. The third-order valence-electron chi connectivity index (χ3n) is 2.01. The van der Waals surface area contributed by atoms with E-state index in [0.29, 0.717) is 0 Å². The average Bonchev–Trinajstić information content (AvgIpc) is 2.13. The van der Waals surface area contributed by atoms with Crippen LogP contribution in [0.2, 0.25) is 0 Å². The molecule has 0 amide bonds. The van der Waals surface area contributed by atoms with Crippen molar-refractivity contribution in [2.45, 2.75) is 11.9 Å². The predicted octanol–water partition coefficient (Wildman–Crippen LogP) is 3.55. The van der Waals surface area contributed by atoms with Crippen molar-refractivity contribution >= 4 is 35.7 Å². The average molecular weight is 368 g/mol. The van der Waals surface area contributed by atoms with E-state index < -0.39 is 32.1 Å². The minimum atomic E-state index is -4.69. The van der Waals surface area contributed by atoms with E-state index in [1.807, 2.05) is 0 Å². The molecule has 18 heavy (non-hydrogen) atoms. The lowest BCUT2D eigenvalue weighted by Crippen LogP contribution is -2.11. The van der Waals surface area contributed by atoms with Gasteiger partial charge in [0.15, 0.2) is 0 Å². The van der Waals surface area contributed by atoms with Gasteiger partial charge in [-0.2, -0.15) is 13.2 Å². The summed E-state index contributed by atoms with van der Waals surface area (Å²) in [5.41, 5.74) is -1.53. The minimum Gasteiger partial charge on any atom is -0.496 e. The highest BCUT2D eigenvalue weighted by Crippen LogP contribution is 2.38. The van der Waals surface area contributed by atoms with Crippen molar-refractivity contribution in [3.05, 3.63) is 27.7 Å². The summed E-state index contributed by atoms with van der Waals surface area (Å²) >= 11 is 2.99. The Labute approximate surface area is 114 Å². The Morgan fingerprint density at radius 3 is 2.33 bits per heavy atom. The second-order valence-corrected chi connectivity index (χ2v) is 6.96. The third kappa shape index (κ3) is 4.03. The van der Waals surface area contributed by atoms with Crippen LogP contribution in [0.15, 0.2) is 16.6 Å². The summed E-state index contributed by atoms with van der Waals surface area (Å²) in [6, 6.07) is 1.75. The van der Waals surface area contributed by atoms with Gasteiger partial charge in [0, 0.05) is 10.7 Å². The number of halogens is 5. The molecule has 1 aromatic rings. The van der Waals surface area contributed by atoms with Crippen molar-refractivity contribution in [3.63, 3.8) is 0 Å². The van der Waals surface area contributed by atoms with E-state index in [-0.39, 0.29) is 10.2 Å². The van der Waals surface area contributed by atoms with Gasteiger partial charge < -0.3 is 4.74 Å². The van der Waals surface area contributed by atoms with Crippen molar-refractivity contribution in [3.8, 4) is 5.75 Å². The van der Waals surface area contributed by atoms with Crippen LogP contribution in [0.4, 0.5) is 13.2 Å². The Morgan fingerprint density at radius 2 is 1.94 bits per heavy atom. The quantitative estimate of drug-likeness (QED) is 0.768. The summed E-state index contributed by atoms with van der Waals surface area (Å²) in [5.74, 6) is -0.954. The maximum atomic E-state index is 12.8. The van der Waals surface area contributed by atoms with Crippen molar-refractivity contribution in [2.75, 3.05) is 7.11 Å². The van der Waals surface area contributed by atoms with Gasteiger partial charge in [-0.15, -0.1) is 0 Å². The second-order valence-electron chi connectivity index (χ2n) is 3.32. The zero-order valence-electron chi connectivity index (χ0n) is 8.88. The van der Waals surface area contributed by atoms with Gasteiger partial charge in [-0.25, -0.2) is 8.42 Å². The number of hydrogen-bond acceptors (Lipinski definition) is 3. The Morgan fingerprint density at radius 1 is 1.39 bits per heavy atom. The molecular formula is C9H7BrClF3O3S. The standard InChI is InChI=1S/C9H7BrClF3O3S/c1-17-8-3-6(9(12,13)14)5(2-7(8)10)4-18(11,15)16/h2-3H,4H2,1H3. The fraction of sp³-hybridized carbons (Fsp3) is 0.333. The lowest BCUT2D eigenvalue weighted by molar-refractivity contribution is -0.138. The van der Waals surface area contributed by atoms with E-state index >= 15 is 0 Å². The normalized spacial score (nSPS) is 12.6. The molecule has 0 unspecified atom stereocenters. The number of alkyl halides is 3. The Balaban J connectivity index is 3.44. The van der Waals surface area contributed by atoms with Gasteiger partial charge >= 0.3 is 6.18 Å². The number of ether oxygens (including phenoxy) is 1. The SMILES string of the molecule is COc1cc(C(F)(F)F)c(CS(=O)(=O)Cl)cc1Br. The van der Waals surface area contributed by atoms with Gasteiger partial charge in [0.05, 0.1) is 22.9 Å². The molecule has 0 aliphatic heterocycles. The summed E-state index contributed by atoms with van der Waals surface area (Å²) in [6.45, 7) is 0. The van der Waals surface area contributed by atoms with Gasteiger partial charge in [0.1, 0.15) is 5.75 Å². The molecular weight excluding hydrogens is 361 g/mol. The first-order chi connectivity index (χ1) is 8.04. The number of benzene rings is 1. The number of rotatable bonds is 3. The van der Waals surface area contributed by atoms with E-state index in [4.69, 9.17) is 15.4 Å².